The van der Waals surface area contributed by atoms with Crippen molar-refractivity contribution in [3.05, 3.63) is 58.3 Å². The number of rotatable bonds is 11. The summed E-state index contributed by atoms with van der Waals surface area (Å²) in [7, 11) is 4.76. The van der Waals surface area contributed by atoms with Crippen molar-refractivity contribution < 1.29 is 23.8 Å². The van der Waals surface area contributed by atoms with E-state index in [9.17, 15) is 9.59 Å². The van der Waals surface area contributed by atoms with Gasteiger partial charge >= 0.3 is 6.09 Å². The Bertz CT molecular complexity index is 1380. The zero-order chi connectivity index (χ0) is 29.5. The standard InChI is InChI=1S/C31H43N5O5/c1-21-8-7-9-27(33-31(38)41-6)26(21)20-32-28-19-24(30(37)35-12-10-34(11-13-35)14-16-39-4)18-25-22(2)23(3)36(29(25)28)15-17-40-5/h7-9,18-19,32H,10-17,20H2,1-6H3,(H,33,38). The van der Waals surface area contributed by atoms with E-state index in [2.05, 4.69) is 33.9 Å². The van der Waals surface area contributed by atoms with Gasteiger partial charge in [0.1, 0.15) is 0 Å². The second-order valence-corrected chi connectivity index (χ2v) is 10.5. The minimum absolute atomic E-state index is 0.0342. The van der Waals surface area contributed by atoms with Crippen LogP contribution >= 0.6 is 0 Å². The number of ether oxygens (including phenoxy) is 3. The molecule has 0 spiro atoms. The normalized spacial score (nSPS) is 14.0. The van der Waals surface area contributed by atoms with Crippen LogP contribution in [0.25, 0.3) is 10.9 Å². The molecule has 2 amide bonds. The van der Waals surface area contributed by atoms with Gasteiger partial charge in [-0.1, -0.05) is 12.1 Å². The number of hydrogen-bond donors (Lipinski definition) is 2. The molecular formula is C31H43N5O5. The molecule has 0 unspecified atom stereocenters. The van der Waals surface area contributed by atoms with E-state index in [1.807, 2.05) is 42.2 Å². The SMILES string of the molecule is COCCN1CCN(C(=O)c2cc(NCc3c(C)cccc3NC(=O)OC)c3c(c2)c(C)c(C)n3CCOC)CC1. The number of nitrogens with one attached hydrogen (secondary N) is 2. The van der Waals surface area contributed by atoms with Crippen molar-refractivity contribution in [1.82, 2.24) is 14.4 Å². The molecule has 1 aromatic heterocycles. The Labute approximate surface area is 242 Å². The Hall–Kier alpha value is -3.60. The van der Waals surface area contributed by atoms with E-state index in [0.717, 1.165) is 58.6 Å². The fourth-order valence-electron chi connectivity index (χ4n) is 5.47. The summed E-state index contributed by atoms with van der Waals surface area (Å²) in [6.45, 7) is 12.5. The number of benzene rings is 2. The second kappa shape index (κ2) is 13.8. The van der Waals surface area contributed by atoms with Crippen LogP contribution < -0.4 is 10.6 Å². The quantitative estimate of drug-likeness (QED) is 0.356. The number of piperazine rings is 1. The number of hydrogen-bond acceptors (Lipinski definition) is 7. The highest BCUT2D eigenvalue weighted by atomic mass is 16.5. The van der Waals surface area contributed by atoms with Gasteiger partial charge in [0, 0.05) is 82.4 Å². The summed E-state index contributed by atoms with van der Waals surface area (Å²) in [4.78, 5) is 30.1. The van der Waals surface area contributed by atoms with Crippen molar-refractivity contribution >= 4 is 34.3 Å². The van der Waals surface area contributed by atoms with Crippen molar-refractivity contribution in [1.29, 1.82) is 0 Å². The number of amides is 2. The topological polar surface area (TPSA) is 97.3 Å². The molecule has 0 radical (unpaired) electrons. The highest BCUT2D eigenvalue weighted by molar-refractivity contribution is 6.04. The first-order valence-electron chi connectivity index (χ1n) is 14.1. The van der Waals surface area contributed by atoms with Crippen LogP contribution in [0.5, 0.6) is 0 Å². The molecule has 0 atom stereocenters. The van der Waals surface area contributed by atoms with Gasteiger partial charge in [-0.2, -0.15) is 0 Å². The van der Waals surface area contributed by atoms with Crippen molar-refractivity contribution in [3.63, 3.8) is 0 Å². The van der Waals surface area contributed by atoms with Gasteiger partial charge < -0.3 is 29.0 Å². The lowest BCUT2D eigenvalue weighted by molar-refractivity contribution is 0.0594. The average molecular weight is 566 g/mol. The maximum absolute atomic E-state index is 13.8. The first-order valence-corrected chi connectivity index (χ1v) is 14.1. The first kappa shape index (κ1) is 30.4. The average Bonchev–Trinajstić information content (AvgIpc) is 3.23. The van der Waals surface area contributed by atoms with Crippen molar-refractivity contribution in [3.8, 4) is 0 Å². The van der Waals surface area contributed by atoms with Crippen LogP contribution in [-0.2, 0) is 27.3 Å². The van der Waals surface area contributed by atoms with Gasteiger partial charge in [-0.15, -0.1) is 0 Å². The molecule has 4 rings (SSSR count). The van der Waals surface area contributed by atoms with Crippen LogP contribution in [0.4, 0.5) is 16.2 Å². The number of aromatic nitrogens is 1. The Morgan fingerprint density at radius 1 is 0.902 bits per heavy atom. The van der Waals surface area contributed by atoms with E-state index in [-0.39, 0.29) is 5.91 Å². The Morgan fingerprint density at radius 3 is 2.29 bits per heavy atom. The predicted octanol–water partition coefficient (Wildman–Crippen LogP) is 4.41. The predicted molar refractivity (Wildman–Crippen MR) is 162 cm³/mol. The van der Waals surface area contributed by atoms with Crippen LogP contribution in [0, 0.1) is 20.8 Å². The summed E-state index contributed by atoms with van der Waals surface area (Å²) >= 11 is 0. The number of carbonyl (C=O) groups excluding carboxylic acids is 2. The van der Waals surface area contributed by atoms with E-state index in [1.165, 1.54) is 7.11 Å². The highest BCUT2D eigenvalue weighted by Crippen LogP contribution is 2.34. The lowest BCUT2D eigenvalue weighted by Gasteiger charge is -2.34. The molecule has 2 aromatic carbocycles. The number of aryl methyl sites for hydroxylation is 2. The third-order valence-corrected chi connectivity index (χ3v) is 8.06. The van der Waals surface area contributed by atoms with Crippen LogP contribution in [0.1, 0.15) is 32.7 Å². The van der Waals surface area contributed by atoms with Crippen LogP contribution in [0.3, 0.4) is 0 Å². The number of nitrogens with zero attached hydrogens (tertiary/aromatic N) is 3. The molecule has 10 heteroatoms. The fraction of sp³-hybridized carbons (Fsp3) is 0.484. The third kappa shape index (κ3) is 6.83. The van der Waals surface area contributed by atoms with Crippen LogP contribution in [0.15, 0.2) is 30.3 Å². The van der Waals surface area contributed by atoms with Gasteiger partial charge in [0.25, 0.3) is 5.91 Å². The molecule has 222 valence electrons. The molecule has 2 N–H and O–H groups in total. The second-order valence-electron chi connectivity index (χ2n) is 10.5. The van der Waals surface area contributed by atoms with Crippen LogP contribution in [-0.4, -0.2) is 93.6 Å². The van der Waals surface area contributed by atoms with Gasteiger partial charge in [0.05, 0.1) is 31.5 Å². The molecule has 1 saturated heterocycles. The van der Waals surface area contributed by atoms with Gasteiger partial charge in [0.15, 0.2) is 0 Å². The molecule has 1 aliphatic rings. The van der Waals surface area contributed by atoms with Crippen LogP contribution in [0.2, 0.25) is 0 Å². The largest absolute Gasteiger partial charge is 0.453 e. The number of anilines is 2. The minimum atomic E-state index is -0.520. The van der Waals surface area contributed by atoms with E-state index in [0.29, 0.717) is 50.6 Å². The Balaban J connectivity index is 1.69. The minimum Gasteiger partial charge on any atom is -0.453 e. The molecule has 0 aliphatic carbocycles. The summed E-state index contributed by atoms with van der Waals surface area (Å²) in [5.41, 5.74) is 7.50. The van der Waals surface area contributed by atoms with Gasteiger partial charge in [-0.3, -0.25) is 15.0 Å². The molecule has 41 heavy (non-hydrogen) atoms. The molecule has 3 aromatic rings. The van der Waals surface area contributed by atoms with Crippen molar-refractivity contribution in [2.75, 3.05) is 77.9 Å². The first-order chi connectivity index (χ1) is 19.8. The molecular weight excluding hydrogens is 522 g/mol. The van der Waals surface area contributed by atoms with Crippen molar-refractivity contribution in [2.24, 2.45) is 0 Å². The maximum Gasteiger partial charge on any atom is 0.411 e. The Morgan fingerprint density at radius 2 is 1.61 bits per heavy atom. The Kier molecular flexibility index (Phi) is 10.3. The molecule has 0 bridgehead atoms. The highest BCUT2D eigenvalue weighted by Gasteiger charge is 2.25. The van der Waals surface area contributed by atoms with Gasteiger partial charge in [0.2, 0.25) is 0 Å². The number of fused-ring (bicyclic) bond motifs is 1. The van der Waals surface area contributed by atoms with E-state index in [1.54, 1.807) is 14.2 Å². The molecule has 10 nitrogen and oxygen atoms in total. The zero-order valence-electron chi connectivity index (χ0n) is 25.1. The summed E-state index contributed by atoms with van der Waals surface area (Å²) in [5.74, 6) is 0.0342. The molecule has 1 fully saturated rings. The molecule has 1 aliphatic heterocycles. The smallest absolute Gasteiger partial charge is 0.411 e. The van der Waals surface area contributed by atoms with E-state index in [4.69, 9.17) is 14.2 Å². The maximum atomic E-state index is 13.8. The van der Waals surface area contributed by atoms with E-state index >= 15 is 0 Å². The van der Waals surface area contributed by atoms with E-state index < -0.39 is 6.09 Å². The van der Waals surface area contributed by atoms with Crippen molar-refractivity contribution in [2.45, 2.75) is 33.9 Å². The summed E-state index contributed by atoms with van der Waals surface area (Å²) in [6.07, 6.45) is -0.520. The molecule has 0 saturated carbocycles. The van der Waals surface area contributed by atoms with Gasteiger partial charge in [-0.05, 0) is 55.7 Å². The number of carbonyl (C=O) groups is 2. The fourth-order valence-corrected chi connectivity index (χ4v) is 5.47. The summed E-state index contributed by atoms with van der Waals surface area (Å²) in [5, 5.41) is 7.48. The number of methoxy groups -OCH3 is 3. The third-order valence-electron chi connectivity index (χ3n) is 8.06. The summed E-state index contributed by atoms with van der Waals surface area (Å²) in [6, 6.07) is 9.77. The monoisotopic (exact) mass is 565 g/mol. The summed E-state index contributed by atoms with van der Waals surface area (Å²) < 4.78 is 17.7. The van der Waals surface area contributed by atoms with Gasteiger partial charge in [-0.25, -0.2) is 4.79 Å². The lowest BCUT2D eigenvalue weighted by atomic mass is 10.0. The lowest BCUT2D eigenvalue weighted by Crippen LogP contribution is -2.49. The zero-order valence-corrected chi connectivity index (χ0v) is 25.1. The molecule has 2 heterocycles.